The van der Waals surface area contributed by atoms with E-state index >= 15 is 0 Å². The van der Waals surface area contributed by atoms with Crippen LogP contribution in [-0.2, 0) is 4.79 Å². The molecule has 1 aromatic heterocycles. The molecule has 0 aliphatic heterocycles. The molecule has 1 heterocycles. The van der Waals surface area contributed by atoms with E-state index in [4.69, 9.17) is 4.42 Å². The maximum Gasteiger partial charge on any atom is 0.277 e. The minimum absolute atomic E-state index is 0.0312. The first-order valence-electron chi connectivity index (χ1n) is 9.48. The zero-order chi connectivity index (χ0) is 20.8. The molecular formula is C22H23N3O3S. The number of carbonyl (C=O) groups is 2. The first-order valence-corrected chi connectivity index (χ1v) is 10.4. The van der Waals surface area contributed by atoms with Crippen molar-refractivity contribution in [3.63, 3.8) is 0 Å². The lowest BCUT2D eigenvalue weighted by molar-refractivity contribution is -0.116. The minimum Gasteiger partial charge on any atom is -0.411 e. The van der Waals surface area contributed by atoms with E-state index in [1.54, 1.807) is 24.3 Å². The molecule has 0 fully saturated rings. The van der Waals surface area contributed by atoms with Gasteiger partial charge < -0.3 is 9.73 Å². The predicted octanol–water partition coefficient (Wildman–Crippen LogP) is 5.15. The third-order valence-corrected chi connectivity index (χ3v) is 5.29. The molecule has 29 heavy (non-hydrogen) atoms. The second-order valence-electron chi connectivity index (χ2n) is 6.69. The topological polar surface area (TPSA) is 85.1 Å². The molecule has 7 heteroatoms. The van der Waals surface area contributed by atoms with Crippen molar-refractivity contribution in [2.45, 2.75) is 44.1 Å². The molecule has 1 atom stereocenters. The number of nitrogens with zero attached hydrogens (tertiary/aromatic N) is 2. The van der Waals surface area contributed by atoms with Gasteiger partial charge in [-0.2, -0.15) is 0 Å². The van der Waals surface area contributed by atoms with Gasteiger partial charge in [-0.1, -0.05) is 36.9 Å². The van der Waals surface area contributed by atoms with Crippen LogP contribution in [0.4, 0.5) is 5.69 Å². The normalized spacial score (nSPS) is 11.8. The van der Waals surface area contributed by atoms with Gasteiger partial charge in [0.15, 0.2) is 5.78 Å². The Bertz CT molecular complexity index is 999. The number of hydrogen-bond acceptors (Lipinski definition) is 6. The van der Waals surface area contributed by atoms with Crippen molar-refractivity contribution in [2.75, 3.05) is 5.32 Å². The summed E-state index contributed by atoms with van der Waals surface area (Å²) in [7, 11) is 0. The number of benzene rings is 2. The van der Waals surface area contributed by atoms with Gasteiger partial charge >= 0.3 is 0 Å². The maximum absolute atomic E-state index is 12.7. The molecule has 0 saturated carbocycles. The van der Waals surface area contributed by atoms with Gasteiger partial charge in [0, 0.05) is 23.2 Å². The minimum atomic E-state index is -0.388. The number of amides is 1. The lowest BCUT2D eigenvalue weighted by Gasteiger charge is -2.09. The van der Waals surface area contributed by atoms with E-state index in [2.05, 4.69) is 15.5 Å². The highest BCUT2D eigenvalue weighted by Crippen LogP contribution is 2.29. The highest BCUT2D eigenvalue weighted by atomic mass is 32.2. The molecule has 0 radical (unpaired) electrons. The first kappa shape index (κ1) is 20.8. The Hall–Kier alpha value is -2.93. The van der Waals surface area contributed by atoms with Crippen LogP contribution in [0.1, 0.15) is 42.6 Å². The first-order chi connectivity index (χ1) is 14.0. The highest BCUT2D eigenvalue weighted by Gasteiger charge is 2.20. The molecule has 1 unspecified atom stereocenters. The van der Waals surface area contributed by atoms with E-state index in [9.17, 15) is 9.59 Å². The van der Waals surface area contributed by atoms with Crippen molar-refractivity contribution in [3.05, 3.63) is 59.7 Å². The van der Waals surface area contributed by atoms with Crippen molar-refractivity contribution in [1.82, 2.24) is 10.2 Å². The summed E-state index contributed by atoms with van der Waals surface area (Å²) >= 11 is 1.23. The van der Waals surface area contributed by atoms with E-state index in [1.165, 1.54) is 11.8 Å². The lowest BCUT2D eigenvalue weighted by Crippen LogP contribution is -2.14. The summed E-state index contributed by atoms with van der Waals surface area (Å²) in [5, 5.41) is 10.9. The van der Waals surface area contributed by atoms with Gasteiger partial charge in [-0.05, 0) is 56.2 Å². The fourth-order valence-electron chi connectivity index (χ4n) is 2.79. The molecule has 2 aromatic carbocycles. The SMILES string of the molecule is CCCC(=O)Nc1ccc(C(=O)C(C)Sc2nnc(-c3ccccc3C)o2)cc1. The van der Waals surface area contributed by atoms with Gasteiger partial charge in [-0.15, -0.1) is 10.2 Å². The molecule has 0 aliphatic carbocycles. The molecule has 0 spiro atoms. The number of hydrogen-bond donors (Lipinski definition) is 1. The molecule has 0 saturated heterocycles. The van der Waals surface area contributed by atoms with E-state index in [0.717, 1.165) is 17.5 Å². The number of Topliss-reactive ketones (excluding diaryl/α,β-unsaturated/α-hetero) is 1. The summed E-state index contributed by atoms with van der Waals surface area (Å²) in [6.07, 6.45) is 1.27. The van der Waals surface area contributed by atoms with Gasteiger partial charge in [0.1, 0.15) is 0 Å². The van der Waals surface area contributed by atoms with Gasteiger partial charge in [0.05, 0.1) is 5.25 Å². The summed E-state index contributed by atoms with van der Waals surface area (Å²) in [6, 6.07) is 14.7. The number of rotatable bonds is 8. The Morgan fingerprint density at radius 2 is 1.83 bits per heavy atom. The molecule has 1 amide bonds. The van der Waals surface area contributed by atoms with Crippen LogP contribution in [0.15, 0.2) is 58.2 Å². The summed E-state index contributed by atoms with van der Waals surface area (Å²) in [5.74, 6) is 0.367. The number of thioether (sulfide) groups is 1. The monoisotopic (exact) mass is 409 g/mol. The van der Waals surface area contributed by atoms with Crippen LogP contribution in [0.2, 0.25) is 0 Å². The fraction of sp³-hybridized carbons (Fsp3) is 0.273. The molecule has 3 rings (SSSR count). The van der Waals surface area contributed by atoms with Crippen LogP contribution >= 0.6 is 11.8 Å². The maximum atomic E-state index is 12.7. The molecule has 1 N–H and O–H groups in total. The Balaban J connectivity index is 1.64. The smallest absolute Gasteiger partial charge is 0.277 e. The summed E-state index contributed by atoms with van der Waals surface area (Å²) in [5.41, 5.74) is 3.17. The van der Waals surface area contributed by atoms with Gasteiger partial charge in [-0.25, -0.2) is 0 Å². The molecule has 3 aromatic rings. The number of nitrogens with one attached hydrogen (secondary N) is 1. The molecular weight excluding hydrogens is 386 g/mol. The number of anilines is 1. The van der Waals surface area contributed by atoms with Crippen LogP contribution in [0.5, 0.6) is 0 Å². The van der Waals surface area contributed by atoms with Crippen LogP contribution in [0, 0.1) is 6.92 Å². The molecule has 6 nitrogen and oxygen atoms in total. The van der Waals surface area contributed by atoms with E-state index < -0.39 is 0 Å². The zero-order valence-electron chi connectivity index (χ0n) is 16.6. The number of aromatic nitrogens is 2. The Morgan fingerprint density at radius 3 is 2.52 bits per heavy atom. The predicted molar refractivity (Wildman–Crippen MR) is 114 cm³/mol. The largest absolute Gasteiger partial charge is 0.411 e. The number of ketones is 1. The summed E-state index contributed by atoms with van der Waals surface area (Å²) < 4.78 is 5.73. The highest BCUT2D eigenvalue weighted by molar-refractivity contribution is 8.00. The Morgan fingerprint density at radius 1 is 1.10 bits per heavy atom. The third-order valence-electron chi connectivity index (χ3n) is 4.36. The summed E-state index contributed by atoms with van der Waals surface area (Å²) in [4.78, 5) is 24.4. The van der Waals surface area contributed by atoms with Crippen LogP contribution < -0.4 is 5.32 Å². The van der Waals surface area contributed by atoms with Crippen LogP contribution in [0.25, 0.3) is 11.5 Å². The second-order valence-corrected chi connectivity index (χ2v) is 7.98. The van der Waals surface area contributed by atoms with E-state index in [1.807, 2.05) is 45.0 Å². The second kappa shape index (κ2) is 9.52. The van der Waals surface area contributed by atoms with Crippen molar-refractivity contribution in [3.8, 4) is 11.5 Å². The standard InChI is InChI=1S/C22H23N3O3S/c1-4-7-19(26)23-17-12-10-16(11-13-17)20(27)15(3)29-22-25-24-21(28-22)18-9-6-5-8-14(18)2/h5-6,8-13,15H,4,7H2,1-3H3,(H,23,26). The van der Waals surface area contributed by atoms with Gasteiger partial charge in [-0.3, -0.25) is 9.59 Å². The molecule has 150 valence electrons. The quantitative estimate of drug-likeness (QED) is 0.409. The zero-order valence-corrected chi connectivity index (χ0v) is 17.5. The van der Waals surface area contributed by atoms with Crippen molar-refractivity contribution < 1.29 is 14.0 Å². The Labute approximate surface area is 174 Å². The van der Waals surface area contributed by atoms with E-state index in [0.29, 0.717) is 28.8 Å². The number of carbonyl (C=O) groups excluding carboxylic acids is 2. The van der Waals surface area contributed by atoms with Gasteiger partial charge in [0.25, 0.3) is 5.22 Å². The fourth-order valence-corrected chi connectivity index (χ4v) is 3.55. The number of aryl methyl sites for hydroxylation is 1. The van der Waals surface area contributed by atoms with Crippen molar-refractivity contribution in [2.24, 2.45) is 0 Å². The molecule has 0 bridgehead atoms. The Kier molecular flexibility index (Phi) is 6.82. The lowest BCUT2D eigenvalue weighted by atomic mass is 10.1. The third kappa shape index (κ3) is 5.32. The average Bonchev–Trinajstić information content (AvgIpc) is 3.16. The van der Waals surface area contributed by atoms with Crippen LogP contribution in [0.3, 0.4) is 0 Å². The summed E-state index contributed by atoms with van der Waals surface area (Å²) in [6.45, 7) is 5.74. The van der Waals surface area contributed by atoms with E-state index in [-0.39, 0.29) is 16.9 Å². The van der Waals surface area contributed by atoms with Crippen molar-refractivity contribution in [1.29, 1.82) is 0 Å². The van der Waals surface area contributed by atoms with Crippen LogP contribution in [-0.4, -0.2) is 27.1 Å². The average molecular weight is 410 g/mol. The molecule has 0 aliphatic rings. The van der Waals surface area contributed by atoms with Crippen molar-refractivity contribution >= 4 is 29.1 Å². The van der Waals surface area contributed by atoms with Gasteiger partial charge in [0.2, 0.25) is 11.8 Å².